The molecule has 2 N–H and O–H groups in total. The first-order chi connectivity index (χ1) is 8.56. The second-order valence-electron chi connectivity index (χ2n) is 4.08. The second-order valence-corrected chi connectivity index (χ2v) is 4.08. The zero-order valence-corrected chi connectivity index (χ0v) is 11.3. The summed E-state index contributed by atoms with van der Waals surface area (Å²) in [4.78, 5) is 26.6. The van der Waals surface area contributed by atoms with Gasteiger partial charge in [0, 0.05) is 12.2 Å². The topological polar surface area (TPSA) is 71.2 Å². The third-order valence-corrected chi connectivity index (χ3v) is 2.83. The van der Waals surface area contributed by atoms with Crippen LogP contribution >= 0.6 is 0 Å². The minimum Gasteiger partial charge on any atom is -0.465 e. The Kier molecular flexibility index (Phi) is 4.95. The number of rotatable bonds is 5. The van der Waals surface area contributed by atoms with Crippen molar-refractivity contribution in [1.29, 1.82) is 0 Å². The van der Waals surface area contributed by atoms with Gasteiger partial charge in [-0.3, -0.25) is 4.79 Å². The Balaban J connectivity index is 3.12. The maximum atomic E-state index is 11.9. The average Bonchev–Trinajstić information content (AvgIpc) is 2.72. The standard InChI is InChI=1S/C13H20N2O3/c1-5-7-14-12(16)11-8(3)10(13(17)18-4)9(6-2)15-11/h15H,5-7H2,1-4H3,(H,14,16). The van der Waals surface area contributed by atoms with E-state index in [1.165, 1.54) is 7.11 Å². The zero-order valence-electron chi connectivity index (χ0n) is 11.3. The van der Waals surface area contributed by atoms with E-state index in [1.54, 1.807) is 6.92 Å². The lowest BCUT2D eigenvalue weighted by Crippen LogP contribution is -2.25. The highest BCUT2D eigenvalue weighted by molar-refractivity contribution is 6.00. The van der Waals surface area contributed by atoms with Crippen molar-refractivity contribution >= 4 is 11.9 Å². The summed E-state index contributed by atoms with van der Waals surface area (Å²) in [6.45, 7) is 6.28. The summed E-state index contributed by atoms with van der Waals surface area (Å²) in [6.07, 6.45) is 1.52. The van der Waals surface area contributed by atoms with E-state index in [1.807, 2.05) is 13.8 Å². The van der Waals surface area contributed by atoms with Crippen molar-refractivity contribution in [2.24, 2.45) is 0 Å². The van der Waals surface area contributed by atoms with Gasteiger partial charge < -0.3 is 15.0 Å². The van der Waals surface area contributed by atoms with Crippen LogP contribution in [0.5, 0.6) is 0 Å². The van der Waals surface area contributed by atoms with E-state index in [9.17, 15) is 9.59 Å². The van der Waals surface area contributed by atoms with Gasteiger partial charge in [0.2, 0.25) is 0 Å². The van der Waals surface area contributed by atoms with E-state index in [4.69, 9.17) is 4.74 Å². The minimum absolute atomic E-state index is 0.181. The van der Waals surface area contributed by atoms with Crippen molar-refractivity contribution in [2.45, 2.75) is 33.6 Å². The fourth-order valence-corrected chi connectivity index (χ4v) is 1.86. The molecule has 0 fully saturated rings. The van der Waals surface area contributed by atoms with Crippen molar-refractivity contribution in [2.75, 3.05) is 13.7 Å². The molecule has 0 bridgehead atoms. The Labute approximate surface area is 107 Å². The molecular formula is C13H20N2O3. The zero-order chi connectivity index (χ0) is 13.7. The highest BCUT2D eigenvalue weighted by Gasteiger charge is 2.23. The largest absolute Gasteiger partial charge is 0.465 e. The number of nitrogens with one attached hydrogen (secondary N) is 2. The number of aryl methyl sites for hydroxylation is 1. The van der Waals surface area contributed by atoms with Gasteiger partial charge in [-0.15, -0.1) is 0 Å². The molecule has 0 atom stereocenters. The molecule has 0 saturated heterocycles. The second kappa shape index (κ2) is 6.23. The number of aromatic amines is 1. The molecule has 0 saturated carbocycles. The number of aromatic nitrogens is 1. The van der Waals surface area contributed by atoms with Crippen LogP contribution in [-0.2, 0) is 11.2 Å². The van der Waals surface area contributed by atoms with Gasteiger partial charge >= 0.3 is 5.97 Å². The van der Waals surface area contributed by atoms with Gasteiger partial charge in [0.1, 0.15) is 5.69 Å². The van der Waals surface area contributed by atoms with Gasteiger partial charge in [0.05, 0.1) is 12.7 Å². The van der Waals surface area contributed by atoms with Crippen molar-refractivity contribution in [1.82, 2.24) is 10.3 Å². The lowest BCUT2D eigenvalue weighted by atomic mass is 10.1. The molecule has 1 aromatic heterocycles. The Bertz CT molecular complexity index is 449. The van der Waals surface area contributed by atoms with Crippen LogP contribution in [0.15, 0.2) is 0 Å². The fourth-order valence-electron chi connectivity index (χ4n) is 1.86. The first-order valence-electron chi connectivity index (χ1n) is 6.14. The average molecular weight is 252 g/mol. The molecule has 5 heteroatoms. The van der Waals surface area contributed by atoms with E-state index in [2.05, 4.69) is 10.3 Å². The maximum absolute atomic E-state index is 11.9. The molecule has 1 aromatic rings. The Morgan fingerprint density at radius 1 is 1.33 bits per heavy atom. The molecule has 1 heterocycles. The number of ether oxygens (including phenoxy) is 1. The molecule has 0 radical (unpaired) electrons. The number of amides is 1. The summed E-state index contributed by atoms with van der Waals surface area (Å²) < 4.78 is 4.74. The maximum Gasteiger partial charge on any atom is 0.339 e. The quantitative estimate of drug-likeness (QED) is 0.785. The first kappa shape index (κ1) is 14.3. The van der Waals surface area contributed by atoms with Crippen LogP contribution in [0.2, 0.25) is 0 Å². The Hall–Kier alpha value is -1.78. The molecule has 0 unspecified atom stereocenters. The number of hydrogen-bond acceptors (Lipinski definition) is 3. The minimum atomic E-state index is -0.407. The monoisotopic (exact) mass is 252 g/mol. The fraction of sp³-hybridized carbons (Fsp3) is 0.538. The van der Waals surface area contributed by atoms with Crippen LogP contribution in [0.25, 0.3) is 0 Å². The third-order valence-electron chi connectivity index (χ3n) is 2.83. The molecule has 5 nitrogen and oxygen atoms in total. The van der Waals surface area contributed by atoms with Gasteiger partial charge in [0.15, 0.2) is 0 Å². The van der Waals surface area contributed by atoms with E-state index in [0.717, 1.165) is 12.1 Å². The van der Waals surface area contributed by atoms with Crippen molar-refractivity contribution in [3.63, 3.8) is 0 Å². The number of hydrogen-bond donors (Lipinski definition) is 2. The molecule has 1 rings (SSSR count). The van der Waals surface area contributed by atoms with Gasteiger partial charge in [-0.2, -0.15) is 0 Å². The highest BCUT2D eigenvalue weighted by Crippen LogP contribution is 2.20. The summed E-state index contributed by atoms with van der Waals surface area (Å²) in [6, 6.07) is 0. The van der Waals surface area contributed by atoms with Crippen LogP contribution in [0.4, 0.5) is 0 Å². The van der Waals surface area contributed by atoms with Gasteiger partial charge in [-0.25, -0.2) is 4.79 Å². The van der Waals surface area contributed by atoms with Gasteiger partial charge in [-0.05, 0) is 25.3 Å². The van der Waals surface area contributed by atoms with Gasteiger partial charge in [-0.1, -0.05) is 13.8 Å². The molecular weight excluding hydrogens is 232 g/mol. The first-order valence-corrected chi connectivity index (χ1v) is 6.14. The number of esters is 1. The highest BCUT2D eigenvalue weighted by atomic mass is 16.5. The Morgan fingerprint density at radius 3 is 2.50 bits per heavy atom. The summed E-state index contributed by atoms with van der Waals surface area (Å²) in [5.41, 5.74) is 2.30. The van der Waals surface area contributed by atoms with Crippen LogP contribution in [0, 0.1) is 6.92 Å². The molecule has 18 heavy (non-hydrogen) atoms. The molecule has 0 aliphatic rings. The summed E-state index contributed by atoms with van der Waals surface area (Å²) in [5.74, 6) is -0.589. The number of methoxy groups -OCH3 is 1. The van der Waals surface area contributed by atoms with Crippen LogP contribution in [-0.4, -0.2) is 30.5 Å². The number of carbonyl (C=O) groups excluding carboxylic acids is 2. The lowest BCUT2D eigenvalue weighted by molar-refractivity contribution is 0.0599. The van der Waals surface area contributed by atoms with Crippen molar-refractivity contribution in [3.8, 4) is 0 Å². The summed E-state index contributed by atoms with van der Waals surface area (Å²) in [5, 5.41) is 2.79. The predicted octanol–water partition coefficient (Wildman–Crippen LogP) is 1.81. The molecule has 0 aliphatic carbocycles. The van der Waals surface area contributed by atoms with E-state index in [0.29, 0.717) is 29.8 Å². The molecule has 1 amide bonds. The van der Waals surface area contributed by atoms with Crippen molar-refractivity contribution < 1.29 is 14.3 Å². The van der Waals surface area contributed by atoms with E-state index in [-0.39, 0.29) is 5.91 Å². The van der Waals surface area contributed by atoms with E-state index >= 15 is 0 Å². The van der Waals surface area contributed by atoms with Crippen molar-refractivity contribution in [3.05, 3.63) is 22.5 Å². The molecule has 0 aromatic carbocycles. The summed E-state index contributed by atoms with van der Waals surface area (Å²) in [7, 11) is 1.34. The summed E-state index contributed by atoms with van der Waals surface area (Å²) >= 11 is 0. The van der Waals surface area contributed by atoms with E-state index < -0.39 is 5.97 Å². The third kappa shape index (κ3) is 2.72. The molecule has 0 spiro atoms. The van der Waals surface area contributed by atoms with Crippen LogP contribution in [0.1, 0.15) is 52.4 Å². The SMILES string of the molecule is CCCNC(=O)c1[nH]c(CC)c(C(=O)OC)c1C. The van der Waals surface area contributed by atoms with Gasteiger partial charge in [0.25, 0.3) is 5.91 Å². The Morgan fingerprint density at radius 2 is 2.00 bits per heavy atom. The molecule has 0 aliphatic heterocycles. The smallest absolute Gasteiger partial charge is 0.339 e. The normalized spacial score (nSPS) is 10.2. The predicted molar refractivity (Wildman–Crippen MR) is 68.9 cm³/mol. The molecule has 100 valence electrons. The number of H-pyrrole nitrogens is 1. The van der Waals surface area contributed by atoms with Crippen LogP contribution in [0.3, 0.4) is 0 Å². The van der Waals surface area contributed by atoms with Crippen LogP contribution < -0.4 is 5.32 Å². The lowest BCUT2D eigenvalue weighted by Gasteiger charge is -2.03. The number of carbonyl (C=O) groups is 2.